The number of anilines is 1. The van der Waals surface area contributed by atoms with Gasteiger partial charge in [0.2, 0.25) is 10.0 Å². The van der Waals surface area contributed by atoms with E-state index in [-0.39, 0.29) is 6.04 Å². The molecule has 1 atom stereocenters. The molecule has 1 aliphatic carbocycles. The highest BCUT2D eigenvalue weighted by Gasteiger charge is 2.22. The highest BCUT2D eigenvalue weighted by Crippen LogP contribution is 2.25. The Bertz CT molecular complexity index is 797. The molecule has 0 radical (unpaired) electrons. The molecule has 3 rings (SSSR count). The van der Waals surface area contributed by atoms with Crippen LogP contribution in [0.5, 0.6) is 0 Å². The van der Waals surface area contributed by atoms with Crippen molar-refractivity contribution in [2.45, 2.75) is 30.2 Å². The van der Waals surface area contributed by atoms with Gasteiger partial charge in [0.15, 0.2) is 0 Å². The maximum absolute atomic E-state index is 12.6. The van der Waals surface area contributed by atoms with E-state index in [1.54, 1.807) is 30.3 Å². The Morgan fingerprint density at radius 2 is 2.00 bits per heavy atom. The van der Waals surface area contributed by atoms with Crippen LogP contribution in [0.2, 0.25) is 0 Å². The van der Waals surface area contributed by atoms with Gasteiger partial charge in [0.1, 0.15) is 0 Å². The summed E-state index contributed by atoms with van der Waals surface area (Å²) in [6, 6.07) is 10.5. The van der Waals surface area contributed by atoms with Crippen LogP contribution in [0.1, 0.15) is 19.3 Å². The third-order valence-electron chi connectivity index (χ3n) is 3.74. The number of hydrogen-bond donors (Lipinski definition) is 2. The largest absolute Gasteiger partial charge is 0.399 e. The van der Waals surface area contributed by atoms with E-state index in [2.05, 4.69) is 10.8 Å². The van der Waals surface area contributed by atoms with E-state index in [9.17, 15) is 8.42 Å². The minimum Gasteiger partial charge on any atom is -0.399 e. The van der Waals surface area contributed by atoms with Crippen molar-refractivity contribution >= 4 is 26.5 Å². The van der Waals surface area contributed by atoms with Crippen molar-refractivity contribution in [1.82, 2.24) is 4.72 Å². The van der Waals surface area contributed by atoms with Crippen molar-refractivity contribution in [1.29, 1.82) is 0 Å². The molecule has 1 unspecified atom stereocenters. The molecule has 1 aliphatic rings. The summed E-state index contributed by atoms with van der Waals surface area (Å²) in [4.78, 5) is 0.314. The van der Waals surface area contributed by atoms with Crippen LogP contribution in [0.3, 0.4) is 0 Å². The molecule has 0 aromatic heterocycles. The summed E-state index contributed by atoms with van der Waals surface area (Å²) in [7, 11) is -3.52. The van der Waals surface area contributed by atoms with Crippen LogP contribution in [0, 0.1) is 0 Å². The molecule has 2 aromatic rings. The highest BCUT2D eigenvalue weighted by molar-refractivity contribution is 7.89. The number of rotatable bonds is 3. The van der Waals surface area contributed by atoms with Gasteiger partial charge in [-0.2, -0.15) is 0 Å². The first kappa shape index (κ1) is 14.1. The van der Waals surface area contributed by atoms with Crippen LogP contribution < -0.4 is 10.5 Å². The second kappa shape index (κ2) is 5.50. The molecule has 5 heteroatoms. The lowest BCUT2D eigenvalue weighted by Gasteiger charge is -2.20. The van der Waals surface area contributed by atoms with Crippen LogP contribution in [-0.2, 0) is 10.0 Å². The van der Waals surface area contributed by atoms with Gasteiger partial charge < -0.3 is 5.73 Å². The summed E-state index contributed by atoms with van der Waals surface area (Å²) < 4.78 is 28.1. The first-order chi connectivity index (χ1) is 10.1. The molecule has 3 N–H and O–H groups in total. The zero-order valence-corrected chi connectivity index (χ0v) is 12.4. The number of hydrogen-bond acceptors (Lipinski definition) is 3. The van der Waals surface area contributed by atoms with Crippen molar-refractivity contribution in [3.8, 4) is 0 Å². The van der Waals surface area contributed by atoms with E-state index >= 15 is 0 Å². The monoisotopic (exact) mass is 302 g/mol. The van der Waals surface area contributed by atoms with Crippen molar-refractivity contribution in [3.05, 3.63) is 48.6 Å². The number of fused-ring (bicyclic) bond motifs is 1. The summed E-state index contributed by atoms with van der Waals surface area (Å²) in [6.07, 6.45) is 6.62. The molecule has 21 heavy (non-hydrogen) atoms. The molecule has 4 nitrogen and oxygen atoms in total. The Morgan fingerprint density at radius 1 is 1.14 bits per heavy atom. The van der Waals surface area contributed by atoms with Crippen LogP contribution in [-0.4, -0.2) is 14.5 Å². The van der Waals surface area contributed by atoms with E-state index in [1.807, 2.05) is 12.1 Å². The van der Waals surface area contributed by atoms with Crippen LogP contribution >= 0.6 is 0 Å². The Balaban J connectivity index is 2.00. The smallest absolute Gasteiger partial charge is 0.241 e. The van der Waals surface area contributed by atoms with Crippen molar-refractivity contribution in [2.24, 2.45) is 0 Å². The lowest BCUT2D eigenvalue weighted by atomic mass is 10.0. The molecule has 0 saturated heterocycles. The summed E-state index contributed by atoms with van der Waals surface area (Å²) in [5.74, 6) is 0. The van der Waals surface area contributed by atoms with Gasteiger partial charge >= 0.3 is 0 Å². The van der Waals surface area contributed by atoms with E-state index in [1.165, 1.54) is 0 Å². The molecule has 2 aromatic carbocycles. The summed E-state index contributed by atoms with van der Waals surface area (Å²) in [5.41, 5.74) is 6.39. The number of sulfonamides is 1. The summed E-state index contributed by atoms with van der Waals surface area (Å²) in [6.45, 7) is 0. The third-order valence-corrected chi connectivity index (χ3v) is 5.32. The van der Waals surface area contributed by atoms with E-state index in [0.29, 0.717) is 16.0 Å². The lowest BCUT2D eigenvalue weighted by Crippen LogP contribution is -2.35. The fourth-order valence-corrected chi connectivity index (χ4v) is 4.20. The van der Waals surface area contributed by atoms with Gasteiger partial charge in [-0.25, -0.2) is 13.1 Å². The van der Waals surface area contributed by atoms with Gasteiger partial charge in [0, 0.05) is 17.1 Å². The summed E-state index contributed by atoms with van der Waals surface area (Å²) in [5, 5.41) is 1.53. The van der Waals surface area contributed by atoms with E-state index in [0.717, 1.165) is 24.6 Å². The quantitative estimate of drug-likeness (QED) is 0.676. The Hall–Kier alpha value is -1.85. The van der Waals surface area contributed by atoms with Crippen molar-refractivity contribution < 1.29 is 8.42 Å². The van der Waals surface area contributed by atoms with Gasteiger partial charge in [-0.1, -0.05) is 30.4 Å². The van der Waals surface area contributed by atoms with Crippen molar-refractivity contribution in [3.63, 3.8) is 0 Å². The zero-order valence-electron chi connectivity index (χ0n) is 11.6. The number of nitrogens with one attached hydrogen (secondary N) is 1. The predicted molar refractivity (Wildman–Crippen MR) is 85.5 cm³/mol. The van der Waals surface area contributed by atoms with E-state index in [4.69, 9.17) is 5.73 Å². The molecule has 110 valence electrons. The van der Waals surface area contributed by atoms with E-state index < -0.39 is 10.0 Å². The minimum absolute atomic E-state index is 0.0240. The first-order valence-electron chi connectivity index (χ1n) is 7.02. The topological polar surface area (TPSA) is 72.2 Å². The van der Waals surface area contributed by atoms with Crippen LogP contribution in [0.15, 0.2) is 53.4 Å². The van der Waals surface area contributed by atoms with Gasteiger partial charge in [-0.15, -0.1) is 0 Å². The van der Waals surface area contributed by atoms with Gasteiger partial charge in [0.25, 0.3) is 0 Å². The third kappa shape index (κ3) is 2.94. The highest BCUT2D eigenvalue weighted by atomic mass is 32.2. The second-order valence-electron chi connectivity index (χ2n) is 5.34. The predicted octanol–water partition coefficient (Wildman–Crippen LogP) is 2.81. The van der Waals surface area contributed by atoms with Gasteiger partial charge in [0.05, 0.1) is 4.90 Å². The van der Waals surface area contributed by atoms with Gasteiger partial charge in [-0.05, 0) is 42.8 Å². The molecule has 0 bridgehead atoms. The average molecular weight is 302 g/mol. The standard InChI is InChI=1S/C16H18N2O2S/c17-13-9-10-15-12(11-13)5-4-8-16(15)21(19,20)18-14-6-2-1-3-7-14/h1-2,4-5,8-11,14,18H,3,6-7,17H2. The number of nitrogens with two attached hydrogens (primary N) is 1. The number of allylic oxidation sites excluding steroid dienone is 1. The fourth-order valence-electron chi connectivity index (χ4n) is 2.69. The molecule has 0 amide bonds. The normalized spacial score (nSPS) is 19.0. The van der Waals surface area contributed by atoms with Crippen LogP contribution in [0.4, 0.5) is 5.69 Å². The number of benzene rings is 2. The molecule has 0 spiro atoms. The average Bonchev–Trinajstić information content (AvgIpc) is 2.47. The minimum atomic E-state index is -3.52. The molecule has 0 saturated carbocycles. The lowest BCUT2D eigenvalue weighted by molar-refractivity contribution is 0.523. The SMILES string of the molecule is Nc1ccc2c(S(=O)(=O)NC3CC=CCC3)cccc2c1. The molecular weight excluding hydrogens is 284 g/mol. The Kier molecular flexibility index (Phi) is 3.69. The maximum Gasteiger partial charge on any atom is 0.241 e. The van der Waals surface area contributed by atoms with Gasteiger partial charge in [-0.3, -0.25) is 0 Å². The first-order valence-corrected chi connectivity index (χ1v) is 8.50. The Morgan fingerprint density at radius 3 is 2.76 bits per heavy atom. The molecule has 0 aliphatic heterocycles. The Labute approximate surface area is 124 Å². The van der Waals surface area contributed by atoms with Crippen molar-refractivity contribution in [2.75, 3.05) is 5.73 Å². The number of nitrogen functional groups attached to an aromatic ring is 1. The maximum atomic E-state index is 12.6. The van der Waals surface area contributed by atoms with Crippen LogP contribution in [0.25, 0.3) is 10.8 Å². The molecule has 0 heterocycles. The molecular formula is C16H18N2O2S. The summed E-state index contributed by atoms with van der Waals surface area (Å²) >= 11 is 0. The second-order valence-corrected chi connectivity index (χ2v) is 7.02. The fraction of sp³-hybridized carbons (Fsp3) is 0.250. The zero-order chi connectivity index (χ0) is 14.9. The molecule has 0 fully saturated rings.